The third-order valence-corrected chi connectivity index (χ3v) is 8.19. The fourth-order valence-corrected chi connectivity index (χ4v) is 5.86. The molecule has 2 atom stereocenters. The molecule has 222 valence electrons. The Hall–Kier alpha value is -3.85. The number of alkyl halides is 3. The maximum atomic E-state index is 14.1. The van der Waals surface area contributed by atoms with E-state index in [0.29, 0.717) is 25.5 Å². The van der Waals surface area contributed by atoms with Crippen molar-refractivity contribution in [2.75, 3.05) is 31.1 Å². The molecule has 1 unspecified atom stereocenters. The molecule has 2 aromatic rings. The summed E-state index contributed by atoms with van der Waals surface area (Å²) in [6.07, 6.45) is -1.96. The van der Waals surface area contributed by atoms with Crippen LogP contribution in [0.5, 0.6) is 0 Å². The van der Waals surface area contributed by atoms with E-state index in [1.54, 1.807) is 11.0 Å². The summed E-state index contributed by atoms with van der Waals surface area (Å²) >= 11 is 0. The predicted molar refractivity (Wildman–Crippen MR) is 145 cm³/mol. The van der Waals surface area contributed by atoms with Gasteiger partial charge in [0.25, 0.3) is 5.91 Å². The van der Waals surface area contributed by atoms with E-state index < -0.39 is 51.8 Å². The highest BCUT2D eigenvalue weighted by molar-refractivity contribution is 7.89. The van der Waals surface area contributed by atoms with Crippen LogP contribution in [-0.2, 0) is 21.0 Å². The number of rotatable bonds is 9. The number of nitrogens with zero attached hydrogens (tertiary/aromatic N) is 2. The average Bonchev–Trinajstić information content (AvgIpc) is 2.95. The van der Waals surface area contributed by atoms with Crippen LogP contribution in [0, 0.1) is 0 Å². The van der Waals surface area contributed by atoms with Gasteiger partial charge in [0.15, 0.2) is 5.96 Å². The zero-order valence-electron chi connectivity index (χ0n) is 21.9. The Balaban J connectivity index is 1.52. The van der Waals surface area contributed by atoms with E-state index in [1.807, 2.05) is 4.72 Å². The van der Waals surface area contributed by atoms with Gasteiger partial charge in [-0.2, -0.15) is 17.9 Å². The van der Waals surface area contributed by atoms with Crippen LogP contribution in [0.2, 0.25) is 0 Å². The minimum absolute atomic E-state index is 0.204. The fourth-order valence-electron chi connectivity index (χ4n) is 4.65. The first-order valence-corrected chi connectivity index (χ1v) is 14.5. The van der Waals surface area contributed by atoms with Crippen molar-refractivity contribution in [3.05, 3.63) is 59.7 Å². The van der Waals surface area contributed by atoms with Gasteiger partial charge < -0.3 is 26.0 Å². The van der Waals surface area contributed by atoms with Crippen molar-refractivity contribution in [1.29, 1.82) is 0 Å². The van der Waals surface area contributed by atoms with Crippen molar-refractivity contribution in [3.8, 4) is 0 Å². The summed E-state index contributed by atoms with van der Waals surface area (Å²) in [4.78, 5) is 30.5. The second-order valence-corrected chi connectivity index (χ2v) is 11.3. The summed E-state index contributed by atoms with van der Waals surface area (Å²) in [5.74, 6) is -2.21. The number of halogens is 3. The lowest BCUT2D eigenvalue weighted by molar-refractivity contribution is -0.139. The van der Waals surface area contributed by atoms with Gasteiger partial charge in [0.1, 0.15) is 12.2 Å². The average molecular weight is 597 g/mol. The Labute approximate surface area is 235 Å². The summed E-state index contributed by atoms with van der Waals surface area (Å²) in [5, 5.41) is 18.0. The molecule has 2 aliphatic heterocycles. The van der Waals surface area contributed by atoms with Gasteiger partial charge in [0.2, 0.25) is 10.0 Å². The van der Waals surface area contributed by atoms with E-state index in [9.17, 15) is 36.3 Å². The summed E-state index contributed by atoms with van der Waals surface area (Å²) in [6.45, 7) is 1.11. The van der Waals surface area contributed by atoms with Crippen LogP contribution in [0.1, 0.15) is 41.6 Å². The standard InChI is InChI=1S/C26H31F3N6O5S/c27-26(28,29)20-15-17(35-14-5-4-9-22(35)33-25-30-12-6-13-31-25)10-11-19(20)23(36)32-16-21(24(37)38)34-41(39,40)18-7-2-1-3-8-18/h1-3,7-8,10-11,15,21-22,34H,4-6,9,12-14,16H2,(H,32,36)(H,37,38)(H2,30,31,33)/t21-,22?/m0/s1. The molecule has 2 heterocycles. The number of carbonyl (C=O) groups is 2. The van der Waals surface area contributed by atoms with Crippen LogP contribution in [0.15, 0.2) is 58.4 Å². The SMILES string of the molecule is O=C(NC[C@H](NS(=O)(=O)c1ccccc1)C(=O)O)c1ccc(N2CCCCC2NC2=NCCCN2)cc1C(F)(F)F. The molecule has 0 spiro atoms. The number of carbonyl (C=O) groups excluding carboxylic acids is 1. The number of hydrogen-bond acceptors (Lipinski definition) is 8. The lowest BCUT2D eigenvalue weighted by atomic mass is 10.0. The van der Waals surface area contributed by atoms with Gasteiger partial charge in [-0.1, -0.05) is 18.2 Å². The van der Waals surface area contributed by atoms with E-state index in [0.717, 1.165) is 37.9 Å². The number of hydrogen-bond donors (Lipinski definition) is 5. The highest BCUT2D eigenvalue weighted by Crippen LogP contribution is 2.36. The van der Waals surface area contributed by atoms with Gasteiger partial charge in [-0.25, -0.2) is 8.42 Å². The summed E-state index contributed by atoms with van der Waals surface area (Å²) in [6, 6.07) is 8.48. The molecule has 0 bridgehead atoms. The number of amides is 1. The van der Waals surface area contributed by atoms with Crippen molar-refractivity contribution < 1.29 is 36.3 Å². The van der Waals surface area contributed by atoms with E-state index in [-0.39, 0.29) is 16.7 Å². The number of piperidine rings is 1. The zero-order valence-corrected chi connectivity index (χ0v) is 22.8. The number of aliphatic imine (C=N–C) groups is 1. The van der Waals surface area contributed by atoms with Crippen LogP contribution in [0.25, 0.3) is 0 Å². The highest BCUT2D eigenvalue weighted by Gasteiger charge is 2.37. The molecule has 1 amide bonds. The summed E-state index contributed by atoms with van der Waals surface area (Å²) in [5.41, 5.74) is -1.64. The Morgan fingerprint density at radius 3 is 2.54 bits per heavy atom. The Morgan fingerprint density at radius 2 is 1.88 bits per heavy atom. The third-order valence-electron chi connectivity index (χ3n) is 6.70. The van der Waals surface area contributed by atoms with Crippen LogP contribution >= 0.6 is 0 Å². The first-order chi connectivity index (χ1) is 19.5. The molecule has 5 N–H and O–H groups in total. The molecule has 11 nitrogen and oxygen atoms in total. The van der Waals surface area contributed by atoms with Gasteiger partial charge in [-0.05, 0) is 56.0 Å². The number of guanidine groups is 1. The quantitative estimate of drug-likeness (QED) is 0.295. The minimum Gasteiger partial charge on any atom is -0.480 e. The second-order valence-electron chi connectivity index (χ2n) is 9.62. The van der Waals surface area contributed by atoms with Crippen LogP contribution < -0.4 is 25.6 Å². The summed E-state index contributed by atoms with van der Waals surface area (Å²) in [7, 11) is -4.27. The molecule has 2 aromatic carbocycles. The lowest BCUT2D eigenvalue weighted by Gasteiger charge is -2.39. The molecule has 0 radical (unpaired) electrons. The number of aliphatic carboxylic acids is 1. The zero-order chi connectivity index (χ0) is 29.6. The largest absolute Gasteiger partial charge is 0.480 e. The fraction of sp³-hybridized carbons (Fsp3) is 0.423. The van der Waals surface area contributed by atoms with Gasteiger partial charge in [0.05, 0.1) is 16.0 Å². The van der Waals surface area contributed by atoms with Crippen molar-refractivity contribution in [2.24, 2.45) is 4.99 Å². The molecular formula is C26H31F3N6O5S. The molecule has 0 aromatic heterocycles. The van der Waals surface area contributed by atoms with Crippen LogP contribution in [0.4, 0.5) is 18.9 Å². The van der Waals surface area contributed by atoms with Gasteiger partial charge in [-0.15, -0.1) is 0 Å². The number of carboxylic acid groups (broad SMARTS) is 1. The molecule has 2 aliphatic rings. The molecule has 15 heteroatoms. The van der Waals surface area contributed by atoms with Crippen molar-refractivity contribution in [3.63, 3.8) is 0 Å². The van der Waals surface area contributed by atoms with Crippen molar-refractivity contribution in [2.45, 2.75) is 49.0 Å². The Morgan fingerprint density at radius 1 is 1.12 bits per heavy atom. The normalized spacial score (nSPS) is 18.6. The Kier molecular flexibility index (Phi) is 9.38. The molecule has 41 heavy (non-hydrogen) atoms. The minimum atomic E-state index is -4.89. The lowest BCUT2D eigenvalue weighted by Crippen LogP contribution is -2.55. The summed E-state index contributed by atoms with van der Waals surface area (Å²) < 4.78 is 69.4. The van der Waals surface area contributed by atoms with Crippen molar-refractivity contribution in [1.82, 2.24) is 20.7 Å². The van der Waals surface area contributed by atoms with E-state index in [4.69, 9.17) is 0 Å². The topological polar surface area (TPSA) is 152 Å². The third kappa shape index (κ3) is 7.67. The molecule has 1 fully saturated rings. The van der Waals surface area contributed by atoms with Gasteiger partial charge >= 0.3 is 12.1 Å². The first kappa shape index (κ1) is 30.1. The number of sulfonamides is 1. The van der Waals surface area contributed by atoms with Crippen LogP contribution in [0.3, 0.4) is 0 Å². The molecule has 4 rings (SSSR count). The molecule has 0 saturated carbocycles. The first-order valence-electron chi connectivity index (χ1n) is 13.1. The van der Waals surface area contributed by atoms with Crippen molar-refractivity contribution >= 4 is 33.5 Å². The molecule has 1 saturated heterocycles. The number of nitrogens with one attached hydrogen (secondary N) is 4. The number of anilines is 1. The van der Waals surface area contributed by atoms with Crippen LogP contribution in [-0.4, -0.2) is 69.7 Å². The maximum Gasteiger partial charge on any atom is 0.417 e. The molecule has 0 aliphatic carbocycles. The van der Waals surface area contributed by atoms with E-state index in [2.05, 4.69) is 20.9 Å². The number of carboxylic acids is 1. The highest BCUT2D eigenvalue weighted by atomic mass is 32.2. The maximum absolute atomic E-state index is 14.1. The smallest absolute Gasteiger partial charge is 0.417 e. The molecular weight excluding hydrogens is 565 g/mol. The second kappa shape index (κ2) is 12.8. The van der Waals surface area contributed by atoms with E-state index >= 15 is 0 Å². The van der Waals surface area contributed by atoms with Gasteiger partial charge in [0, 0.05) is 31.9 Å². The van der Waals surface area contributed by atoms with Gasteiger partial charge in [-0.3, -0.25) is 14.6 Å². The predicted octanol–water partition coefficient (Wildman–Crippen LogP) is 2.12. The Bertz CT molecular complexity index is 1390. The monoisotopic (exact) mass is 596 g/mol. The number of benzene rings is 2. The van der Waals surface area contributed by atoms with E-state index in [1.165, 1.54) is 30.3 Å².